The van der Waals surface area contributed by atoms with Crippen molar-refractivity contribution < 1.29 is 9.47 Å². The minimum Gasteiger partial charge on any atom is -0.490 e. The van der Waals surface area contributed by atoms with Crippen LogP contribution >= 0.6 is 0 Å². The van der Waals surface area contributed by atoms with Crippen LogP contribution in [0.2, 0.25) is 0 Å². The van der Waals surface area contributed by atoms with Crippen LogP contribution in [0.1, 0.15) is 18.1 Å². The molecule has 0 saturated carbocycles. The minimum absolute atomic E-state index is 0.557. The van der Waals surface area contributed by atoms with Gasteiger partial charge in [-0.1, -0.05) is 42.8 Å². The van der Waals surface area contributed by atoms with Gasteiger partial charge < -0.3 is 9.47 Å². The van der Waals surface area contributed by atoms with E-state index < -0.39 is 0 Å². The van der Waals surface area contributed by atoms with Crippen molar-refractivity contribution in [2.45, 2.75) is 20.3 Å². The van der Waals surface area contributed by atoms with Crippen LogP contribution in [0, 0.1) is 6.92 Å². The standard InChI is InChI=1S/C17H20O2/c1-3-15-6-4-5-7-17(15)19-13-12-18-16-10-8-14(2)9-11-16/h4-11H,3,12-13H2,1-2H3. The fourth-order valence-electron chi connectivity index (χ4n) is 1.88. The van der Waals surface area contributed by atoms with Crippen LogP contribution in [-0.2, 0) is 6.42 Å². The molecule has 2 aromatic carbocycles. The third kappa shape index (κ3) is 4.02. The maximum atomic E-state index is 5.75. The molecule has 0 heterocycles. The smallest absolute Gasteiger partial charge is 0.122 e. The molecule has 0 bridgehead atoms. The molecule has 0 fully saturated rings. The molecule has 0 aliphatic carbocycles. The van der Waals surface area contributed by atoms with E-state index in [1.165, 1.54) is 11.1 Å². The molecule has 0 N–H and O–H groups in total. The molecule has 2 heteroatoms. The number of rotatable bonds is 6. The molecule has 0 saturated heterocycles. The molecule has 2 nitrogen and oxygen atoms in total. The molecule has 100 valence electrons. The Labute approximate surface area is 115 Å². The highest BCUT2D eigenvalue weighted by atomic mass is 16.5. The first-order valence-corrected chi connectivity index (χ1v) is 6.69. The summed E-state index contributed by atoms with van der Waals surface area (Å²) in [5.74, 6) is 1.84. The van der Waals surface area contributed by atoms with Crippen LogP contribution < -0.4 is 9.47 Å². The fourth-order valence-corrected chi connectivity index (χ4v) is 1.88. The third-order valence-corrected chi connectivity index (χ3v) is 2.98. The van der Waals surface area contributed by atoms with Crippen molar-refractivity contribution in [3.8, 4) is 11.5 Å². The molecule has 0 aromatic heterocycles. The predicted octanol–water partition coefficient (Wildman–Crippen LogP) is 4.02. The zero-order chi connectivity index (χ0) is 13.5. The lowest BCUT2D eigenvalue weighted by atomic mass is 10.1. The quantitative estimate of drug-likeness (QED) is 0.727. The first-order valence-electron chi connectivity index (χ1n) is 6.69. The van der Waals surface area contributed by atoms with Gasteiger partial charge in [0.15, 0.2) is 0 Å². The lowest BCUT2D eigenvalue weighted by Crippen LogP contribution is -2.09. The number of ether oxygens (including phenoxy) is 2. The first-order chi connectivity index (χ1) is 9.29. The molecule has 0 atom stereocenters. The van der Waals surface area contributed by atoms with Crippen LogP contribution in [0.3, 0.4) is 0 Å². The number of benzene rings is 2. The Balaban J connectivity index is 1.79. The summed E-state index contributed by atoms with van der Waals surface area (Å²) in [6.45, 7) is 5.31. The molecule has 19 heavy (non-hydrogen) atoms. The van der Waals surface area contributed by atoms with E-state index >= 15 is 0 Å². The van der Waals surface area contributed by atoms with Crippen LogP contribution in [0.15, 0.2) is 48.5 Å². The van der Waals surface area contributed by atoms with Crippen LogP contribution in [0.4, 0.5) is 0 Å². The van der Waals surface area contributed by atoms with Gasteiger partial charge in [-0.15, -0.1) is 0 Å². The van der Waals surface area contributed by atoms with Crippen molar-refractivity contribution in [2.75, 3.05) is 13.2 Å². The van der Waals surface area contributed by atoms with E-state index in [4.69, 9.17) is 9.47 Å². The van der Waals surface area contributed by atoms with E-state index in [1.807, 2.05) is 42.5 Å². The van der Waals surface area contributed by atoms with Crippen molar-refractivity contribution in [1.82, 2.24) is 0 Å². The minimum atomic E-state index is 0.557. The van der Waals surface area contributed by atoms with Crippen molar-refractivity contribution in [2.24, 2.45) is 0 Å². The van der Waals surface area contributed by atoms with E-state index in [0.717, 1.165) is 17.9 Å². The third-order valence-electron chi connectivity index (χ3n) is 2.98. The van der Waals surface area contributed by atoms with Gasteiger partial charge >= 0.3 is 0 Å². The largest absolute Gasteiger partial charge is 0.490 e. The SMILES string of the molecule is CCc1ccccc1OCCOc1ccc(C)cc1. The van der Waals surface area contributed by atoms with Gasteiger partial charge in [-0.05, 0) is 37.1 Å². The highest BCUT2D eigenvalue weighted by Crippen LogP contribution is 2.18. The van der Waals surface area contributed by atoms with Crippen LogP contribution in [-0.4, -0.2) is 13.2 Å². The number of hydrogen-bond acceptors (Lipinski definition) is 2. The Kier molecular flexibility index (Phi) is 4.85. The van der Waals surface area contributed by atoms with E-state index in [1.54, 1.807) is 0 Å². The maximum absolute atomic E-state index is 5.75. The summed E-state index contributed by atoms with van der Waals surface area (Å²) >= 11 is 0. The van der Waals surface area contributed by atoms with Crippen LogP contribution in [0.5, 0.6) is 11.5 Å². The highest BCUT2D eigenvalue weighted by molar-refractivity contribution is 5.33. The molecule has 0 aliphatic heterocycles. The molecule has 2 rings (SSSR count). The molecule has 2 aromatic rings. The summed E-state index contributed by atoms with van der Waals surface area (Å²) in [4.78, 5) is 0. The average molecular weight is 256 g/mol. The van der Waals surface area contributed by atoms with Gasteiger partial charge in [-0.25, -0.2) is 0 Å². The van der Waals surface area contributed by atoms with Gasteiger partial charge in [0.25, 0.3) is 0 Å². The highest BCUT2D eigenvalue weighted by Gasteiger charge is 2.00. The van der Waals surface area contributed by atoms with Gasteiger partial charge in [0.1, 0.15) is 24.7 Å². The molecular formula is C17H20O2. The lowest BCUT2D eigenvalue weighted by Gasteiger charge is -2.11. The van der Waals surface area contributed by atoms with E-state index in [2.05, 4.69) is 19.9 Å². The second-order valence-electron chi connectivity index (χ2n) is 4.47. The van der Waals surface area contributed by atoms with Crippen molar-refractivity contribution in [3.05, 3.63) is 59.7 Å². The van der Waals surface area contributed by atoms with Gasteiger partial charge in [0.2, 0.25) is 0 Å². The van der Waals surface area contributed by atoms with E-state index in [-0.39, 0.29) is 0 Å². The summed E-state index contributed by atoms with van der Waals surface area (Å²) < 4.78 is 11.4. The van der Waals surface area contributed by atoms with Gasteiger partial charge in [0, 0.05) is 0 Å². The monoisotopic (exact) mass is 256 g/mol. The molecule has 0 unspecified atom stereocenters. The Hall–Kier alpha value is -1.96. The number of aryl methyl sites for hydroxylation is 2. The number of hydrogen-bond donors (Lipinski definition) is 0. The normalized spacial score (nSPS) is 10.2. The van der Waals surface area contributed by atoms with Gasteiger partial charge in [-0.3, -0.25) is 0 Å². The average Bonchev–Trinajstić information content (AvgIpc) is 2.46. The summed E-state index contributed by atoms with van der Waals surface area (Å²) in [5.41, 5.74) is 2.47. The fraction of sp³-hybridized carbons (Fsp3) is 0.294. The van der Waals surface area contributed by atoms with Crippen molar-refractivity contribution >= 4 is 0 Å². The zero-order valence-corrected chi connectivity index (χ0v) is 11.6. The molecule has 0 amide bonds. The van der Waals surface area contributed by atoms with Crippen LogP contribution in [0.25, 0.3) is 0 Å². The van der Waals surface area contributed by atoms with Crippen molar-refractivity contribution in [1.29, 1.82) is 0 Å². The Morgan fingerprint density at radius 3 is 2.26 bits per heavy atom. The number of para-hydroxylation sites is 1. The molecule has 0 aliphatic rings. The van der Waals surface area contributed by atoms with E-state index in [9.17, 15) is 0 Å². The zero-order valence-electron chi connectivity index (χ0n) is 11.6. The second kappa shape index (κ2) is 6.83. The second-order valence-corrected chi connectivity index (χ2v) is 4.47. The van der Waals surface area contributed by atoms with Crippen molar-refractivity contribution in [3.63, 3.8) is 0 Å². The Morgan fingerprint density at radius 2 is 1.53 bits per heavy atom. The Morgan fingerprint density at radius 1 is 0.842 bits per heavy atom. The maximum Gasteiger partial charge on any atom is 0.122 e. The summed E-state index contributed by atoms with van der Waals surface area (Å²) in [6.07, 6.45) is 0.981. The molecule has 0 radical (unpaired) electrons. The predicted molar refractivity (Wildman–Crippen MR) is 78.0 cm³/mol. The lowest BCUT2D eigenvalue weighted by molar-refractivity contribution is 0.216. The van der Waals surface area contributed by atoms with E-state index in [0.29, 0.717) is 13.2 Å². The summed E-state index contributed by atoms with van der Waals surface area (Å²) in [5, 5.41) is 0. The summed E-state index contributed by atoms with van der Waals surface area (Å²) in [7, 11) is 0. The van der Waals surface area contributed by atoms with Gasteiger partial charge in [-0.2, -0.15) is 0 Å². The first kappa shape index (κ1) is 13.5. The summed E-state index contributed by atoms with van der Waals surface area (Å²) in [6, 6.07) is 16.2. The Bertz CT molecular complexity index is 503. The van der Waals surface area contributed by atoms with Gasteiger partial charge in [0.05, 0.1) is 0 Å². The molecular weight excluding hydrogens is 236 g/mol. The molecule has 0 spiro atoms. The topological polar surface area (TPSA) is 18.5 Å².